The number of carbonyl (C=O) groups is 9. The summed E-state index contributed by atoms with van der Waals surface area (Å²) in [6, 6.07) is 1.91. The lowest BCUT2D eigenvalue weighted by Gasteiger charge is -2.22. The Morgan fingerprint density at radius 1 is 0.573 bits per heavy atom. The highest BCUT2D eigenvalue weighted by molar-refractivity contribution is 5.96. The van der Waals surface area contributed by atoms with Crippen LogP contribution in [0, 0.1) is 0 Å². The maximum atomic E-state index is 14.4. The molecule has 31 nitrogen and oxygen atoms in total. The number of alkyl halides is 4. The zero-order chi connectivity index (χ0) is 55.6. The molecule has 0 aliphatic carbocycles. The molecule has 2 fully saturated rings. The molecule has 0 bridgehead atoms. The highest BCUT2D eigenvalue weighted by atomic mass is 19.3. The number of aliphatic hydroxyl groups excluding tert-OH is 4. The molecule has 2 aliphatic heterocycles. The lowest BCUT2D eigenvalue weighted by atomic mass is 10.1. The Morgan fingerprint density at radius 2 is 0.907 bits per heavy atom. The van der Waals surface area contributed by atoms with Crippen LogP contribution in [-0.4, -0.2) is 206 Å². The van der Waals surface area contributed by atoms with Crippen LogP contribution >= 0.6 is 0 Å². The second kappa shape index (κ2) is 27.6. The van der Waals surface area contributed by atoms with E-state index in [9.17, 15) is 80.5 Å². The van der Waals surface area contributed by atoms with Crippen LogP contribution in [0.3, 0.4) is 0 Å². The summed E-state index contributed by atoms with van der Waals surface area (Å²) in [5.74, 6) is -15.9. The molecule has 4 heterocycles. The molecule has 0 unspecified atom stereocenters. The van der Waals surface area contributed by atoms with Gasteiger partial charge in [0.1, 0.15) is 23.8 Å². The van der Waals surface area contributed by atoms with E-state index < -0.39 is 177 Å². The van der Waals surface area contributed by atoms with E-state index in [1.54, 1.807) is 0 Å². The molecular weight excluding hydrogens is 1020 g/mol. The molecule has 0 spiro atoms. The maximum Gasteiger partial charge on any atom is 0.351 e. The zero-order valence-electron chi connectivity index (χ0n) is 39.3. The normalized spacial score (nSPS) is 20.2. The molecule has 9 amide bonds. The van der Waals surface area contributed by atoms with Gasteiger partial charge in [-0.25, -0.2) is 9.59 Å². The standard InChI is InChI=1S/C40H54F4N14O17/c41-39(42)33(70)20(18-59)74-35(39)57-10-3-22(54-37(57)72)52-30(67)16-50-28(65)14-48-26(63)12-46-24(61)5-8-56(32(69)2-1-7-45)9-6-25(62)47-13-27(64)49-15-29(66)51-17-31(68)53-23-4-11-58(38(73)55-23)36-40(43,44)34(71)21(19-60)75-36/h3-4,10-11,20-21,33-36,59-60,70-71H,1-2,5-9,12-19,45H2,(H,46,61)(H,47,62)(H,48,63)(H,49,64)(H,50,65)(H,51,66)(H,52,54,67,72)(H,53,55,68,73)/t20-,21-,33-,34-,35-,36-/m1/s1. The number of nitrogens with two attached hydrogens (primary N) is 1. The highest BCUT2D eigenvalue weighted by Crippen LogP contribution is 2.43. The molecule has 4 rings (SSSR count). The number of hydrogen-bond donors (Lipinski definition) is 13. The van der Waals surface area contributed by atoms with Crippen molar-refractivity contribution in [3.8, 4) is 0 Å². The fourth-order valence-electron chi connectivity index (χ4n) is 6.68. The Kier molecular flexibility index (Phi) is 22.1. The number of halogens is 4. The summed E-state index contributed by atoms with van der Waals surface area (Å²) in [5.41, 5.74) is 2.88. The second-order valence-corrected chi connectivity index (χ2v) is 16.2. The largest absolute Gasteiger partial charge is 0.394 e. The summed E-state index contributed by atoms with van der Waals surface area (Å²) in [5, 5.41) is 55.2. The van der Waals surface area contributed by atoms with E-state index in [-0.39, 0.29) is 45.3 Å². The van der Waals surface area contributed by atoms with Crippen molar-refractivity contribution in [3.63, 3.8) is 0 Å². The maximum absolute atomic E-state index is 14.4. The third kappa shape index (κ3) is 17.3. The first-order valence-electron chi connectivity index (χ1n) is 22.4. The molecule has 2 aromatic heterocycles. The molecule has 0 radical (unpaired) electrons. The van der Waals surface area contributed by atoms with Crippen molar-refractivity contribution >= 4 is 64.8 Å². The summed E-state index contributed by atoms with van der Waals surface area (Å²) in [4.78, 5) is 144. The van der Waals surface area contributed by atoms with Crippen LogP contribution in [0.5, 0.6) is 0 Å². The Labute approximate surface area is 419 Å². The molecular formula is C40H54F4N14O17. The Bertz CT molecular complexity index is 2380. The number of ether oxygens (including phenoxy) is 2. The fourth-order valence-corrected chi connectivity index (χ4v) is 6.68. The van der Waals surface area contributed by atoms with Gasteiger partial charge in [0.15, 0.2) is 12.2 Å². The van der Waals surface area contributed by atoms with Crippen LogP contribution in [0.4, 0.5) is 29.2 Å². The van der Waals surface area contributed by atoms with Gasteiger partial charge in [-0.2, -0.15) is 27.5 Å². The number of nitrogens with one attached hydrogen (secondary N) is 8. The van der Waals surface area contributed by atoms with Gasteiger partial charge in [-0.3, -0.25) is 52.3 Å². The summed E-state index contributed by atoms with van der Waals surface area (Å²) in [6.07, 6.45) is -11.6. The average Bonchev–Trinajstić information content (AvgIpc) is 3.74. The molecule has 75 heavy (non-hydrogen) atoms. The van der Waals surface area contributed by atoms with Gasteiger partial charge in [-0.1, -0.05) is 0 Å². The van der Waals surface area contributed by atoms with Crippen molar-refractivity contribution in [1.82, 2.24) is 55.9 Å². The Balaban J connectivity index is 1.09. The van der Waals surface area contributed by atoms with Crippen LogP contribution in [0.25, 0.3) is 0 Å². The molecule has 2 aromatic rings. The van der Waals surface area contributed by atoms with Gasteiger partial charge in [0, 0.05) is 44.7 Å². The first kappa shape index (κ1) is 60.0. The number of amides is 9. The predicted molar refractivity (Wildman–Crippen MR) is 240 cm³/mol. The minimum atomic E-state index is -3.97. The third-order valence-electron chi connectivity index (χ3n) is 10.7. The summed E-state index contributed by atoms with van der Waals surface area (Å²) in [7, 11) is 0. The summed E-state index contributed by atoms with van der Waals surface area (Å²) >= 11 is 0. The van der Waals surface area contributed by atoms with Crippen LogP contribution in [0.2, 0.25) is 0 Å². The minimum absolute atomic E-state index is 0.0363. The van der Waals surface area contributed by atoms with Crippen molar-refractivity contribution in [1.29, 1.82) is 0 Å². The average molecular weight is 1080 g/mol. The molecule has 6 atom stereocenters. The SMILES string of the molecule is NCCCC(=O)N(CCC(=O)NCC(=O)NCC(=O)NCC(=O)Nc1ccn([C@@H]2O[C@H](CO)[C@@H](O)C2(F)F)c(=O)n1)CCC(=O)NCC(=O)NCC(=O)NCC(=O)Nc1ccn([C@@H]2O[C@H](CO)[C@@H](O)C2(F)F)c(=O)n1. The van der Waals surface area contributed by atoms with E-state index in [1.807, 2.05) is 0 Å². The van der Waals surface area contributed by atoms with Gasteiger partial charge in [0.05, 0.1) is 52.5 Å². The van der Waals surface area contributed by atoms with E-state index in [4.69, 9.17) is 25.4 Å². The Hall–Kier alpha value is -7.57. The Morgan fingerprint density at radius 3 is 1.21 bits per heavy atom. The second-order valence-electron chi connectivity index (χ2n) is 16.2. The monoisotopic (exact) mass is 1080 g/mol. The van der Waals surface area contributed by atoms with Crippen molar-refractivity contribution in [2.45, 2.75) is 74.4 Å². The van der Waals surface area contributed by atoms with Crippen LogP contribution in [0.15, 0.2) is 34.1 Å². The van der Waals surface area contributed by atoms with Crippen LogP contribution in [0.1, 0.15) is 38.1 Å². The van der Waals surface area contributed by atoms with Gasteiger partial charge in [-0.15, -0.1) is 0 Å². The molecule has 2 saturated heterocycles. The minimum Gasteiger partial charge on any atom is -0.394 e. The number of anilines is 2. The quantitative estimate of drug-likeness (QED) is 0.0370. The summed E-state index contributed by atoms with van der Waals surface area (Å²) < 4.78 is 68.1. The van der Waals surface area contributed by atoms with E-state index in [0.717, 1.165) is 24.5 Å². The topological polar surface area (TPSA) is 448 Å². The first-order chi connectivity index (χ1) is 35.4. The number of carbonyl (C=O) groups excluding carboxylic acids is 9. The first-order valence-corrected chi connectivity index (χ1v) is 22.4. The third-order valence-corrected chi connectivity index (χ3v) is 10.7. The van der Waals surface area contributed by atoms with Gasteiger partial charge in [0.25, 0.3) is 0 Å². The number of aromatic nitrogens is 4. The zero-order valence-corrected chi connectivity index (χ0v) is 39.3. The number of hydrogen-bond acceptors (Lipinski definition) is 20. The van der Waals surface area contributed by atoms with E-state index >= 15 is 0 Å². The van der Waals surface area contributed by atoms with Crippen molar-refractivity contribution in [2.24, 2.45) is 5.73 Å². The van der Waals surface area contributed by atoms with Crippen molar-refractivity contribution < 1.29 is 90.6 Å². The highest BCUT2D eigenvalue weighted by Gasteiger charge is 2.60. The smallest absolute Gasteiger partial charge is 0.351 e. The van der Waals surface area contributed by atoms with Crippen LogP contribution < -0.4 is 59.6 Å². The molecule has 414 valence electrons. The number of aliphatic hydroxyl groups is 4. The molecule has 14 N–H and O–H groups in total. The molecule has 35 heteroatoms. The lowest BCUT2D eigenvalue weighted by molar-refractivity contribution is -0.141. The number of rotatable bonds is 27. The van der Waals surface area contributed by atoms with E-state index in [0.29, 0.717) is 9.13 Å². The van der Waals surface area contributed by atoms with Gasteiger partial charge in [0.2, 0.25) is 65.6 Å². The predicted octanol–water partition coefficient (Wildman–Crippen LogP) is -7.81. The van der Waals surface area contributed by atoms with E-state index in [2.05, 4.69) is 52.5 Å². The number of nitrogens with zero attached hydrogens (tertiary/aromatic N) is 5. The van der Waals surface area contributed by atoms with Gasteiger partial charge < -0.3 is 83.1 Å². The van der Waals surface area contributed by atoms with Crippen LogP contribution in [-0.2, 0) is 52.6 Å². The van der Waals surface area contributed by atoms with Crippen molar-refractivity contribution in [2.75, 3.05) is 82.8 Å². The van der Waals surface area contributed by atoms with E-state index in [1.165, 1.54) is 4.90 Å². The molecule has 0 aromatic carbocycles. The summed E-state index contributed by atoms with van der Waals surface area (Å²) in [6.45, 7) is -6.12. The van der Waals surface area contributed by atoms with Crippen molar-refractivity contribution in [3.05, 3.63) is 45.5 Å². The van der Waals surface area contributed by atoms with Gasteiger partial charge >= 0.3 is 23.2 Å². The fraction of sp³-hybridized carbons (Fsp3) is 0.575. The van der Waals surface area contributed by atoms with Gasteiger partial charge in [-0.05, 0) is 25.1 Å². The lowest BCUT2D eigenvalue weighted by Crippen LogP contribution is -2.44. The molecule has 2 aliphatic rings. The molecule has 0 saturated carbocycles.